The lowest BCUT2D eigenvalue weighted by atomic mass is 10.2. The molecule has 1 aromatic heterocycles. The molecule has 0 saturated heterocycles. The van der Waals surface area contributed by atoms with Crippen LogP contribution in [0.5, 0.6) is 0 Å². The molecule has 3 aromatic rings. The van der Waals surface area contributed by atoms with Gasteiger partial charge in [-0.25, -0.2) is 9.67 Å². The zero-order chi connectivity index (χ0) is 17.1. The summed E-state index contributed by atoms with van der Waals surface area (Å²) >= 11 is 5.50. The summed E-state index contributed by atoms with van der Waals surface area (Å²) in [5.74, 6) is 0. The first kappa shape index (κ1) is 15.8. The molecular formula is C17H14N4O2S. The van der Waals surface area contributed by atoms with Crippen molar-refractivity contribution in [2.45, 2.75) is 6.92 Å². The summed E-state index contributed by atoms with van der Waals surface area (Å²) in [6, 6.07) is 16.0. The third-order valence-corrected chi connectivity index (χ3v) is 3.95. The van der Waals surface area contributed by atoms with Crippen LogP contribution in [-0.4, -0.2) is 20.9 Å². The van der Waals surface area contributed by atoms with E-state index < -0.39 is 4.92 Å². The van der Waals surface area contributed by atoms with Crippen LogP contribution in [0, 0.1) is 21.7 Å². The summed E-state index contributed by atoms with van der Waals surface area (Å²) in [7, 11) is 0. The molecule has 0 atom stereocenters. The summed E-state index contributed by atoms with van der Waals surface area (Å²) in [5.41, 5.74) is 2.74. The van der Waals surface area contributed by atoms with Gasteiger partial charge in [0.05, 0.1) is 16.2 Å². The van der Waals surface area contributed by atoms with Crippen molar-refractivity contribution in [3.05, 3.63) is 80.6 Å². The van der Waals surface area contributed by atoms with Gasteiger partial charge >= 0.3 is 0 Å². The highest BCUT2D eigenvalue weighted by atomic mass is 32.1. The van der Waals surface area contributed by atoms with Crippen LogP contribution in [-0.2, 0) is 0 Å². The molecule has 24 heavy (non-hydrogen) atoms. The van der Waals surface area contributed by atoms with Crippen LogP contribution in [0.1, 0.15) is 11.3 Å². The van der Waals surface area contributed by atoms with Crippen LogP contribution in [0.3, 0.4) is 0 Å². The minimum atomic E-state index is -0.449. The number of nitro groups is 1. The molecule has 1 N–H and O–H groups in total. The van der Waals surface area contributed by atoms with Gasteiger partial charge in [-0.05, 0) is 25.1 Å². The Bertz CT molecular complexity index is 974. The van der Waals surface area contributed by atoms with Crippen molar-refractivity contribution in [1.82, 2.24) is 9.78 Å². The second-order valence-corrected chi connectivity index (χ2v) is 5.52. The standard InChI is InChI=1S/C17H14N4O2S/c1-12-14(11-18-15-9-5-6-10-16(15)21(22)23)17(24)20(19-12)13-7-3-2-4-8-13/h2-11,19H,1H3. The third kappa shape index (κ3) is 3.02. The first-order valence-corrected chi connectivity index (χ1v) is 7.63. The van der Waals surface area contributed by atoms with E-state index in [0.717, 1.165) is 16.9 Å². The molecular weight excluding hydrogens is 324 g/mol. The molecule has 0 bridgehead atoms. The summed E-state index contributed by atoms with van der Waals surface area (Å²) in [4.78, 5) is 14.9. The highest BCUT2D eigenvalue weighted by Gasteiger charge is 2.12. The number of nitrogens with zero attached hydrogens (tertiary/aromatic N) is 3. The molecule has 0 saturated carbocycles. The Balaban J connectivity index is 2.02. The molecule has 0 aliphatic carbocycles. The monoisotopic (exact) mass is 338 g/mol. The number of nitro benzene ring substituents is 1. The second-order valence-electron chi connectivity index (χ2n) is 5.13. The number of H-pyrrole nitrogens is 1. The molecule has 0 fully saturated rings. The summed E-state index contributed by atoms with van der Waals surface area (Å²) < 4.78 is 2.35. The molecule has 0 aliphatic rings. The van der Waals surface area contributed by atoms with Gasteiger partial charge < -0.3 is 0 Å². The Morgan fingerprint density at radius 3 is 2.54 bits per heavy atom. The second kappa shape index (κ2) is 6.59. The van der Waals surface area contributed by atoms with Crippen molar-refractivity contribution < 1.29 is 4.92 Å². The number of benzene rings is 2. The molecule has 0 amide bonds. The number of aryl methyl sites for hydroxylation is 1. The highest BCUT2D eigenvalue weighted by Crippen LogP contribution is 2.26. The minimum Gasteiger partial charge on any atom is -0.297 e. The van der Waals surface area contributed by atoms with Crippen LogP contribution < -0.4 is 0 Å². The number of para-hydroxylation sites is 3. The van der Waals surface area contributed by atoms with Gasteiger partial charge in [-0.15, -0.1) is 0 Å². The lowest BCUT2D eigenvalue weighted by Gasteiger charge is -2.01. The topological polar surface area (TPSA) is 76.2 Å². The molecule has 0 unspecified atom stereocenters. The van der Waals surface area contributed by atoms with Crippen LogP contribution in [0.25, 0.3) is 5.69 Å². The van der Waals surface area contributed by atoms with Gasteiger partial charge in [0.1, 0.15) is 10.3 Å². The van der Waals surface area contributed by atoms with Crippen molar-refractivity contribution in [2.24, 2.45) is 4.99 Å². The fourth-order valence-corrected chi connectivity index (χ4v) is 2.69. The van der Waals surface area contributed by atoms with Gasteiger partial charge in [0.2, 0.25) is 0 Å². The van der Waals surface area contributed by atoms with Crippen LogP contribution in [0.15, 0.2) is 59.6 Å². The average Bonchev–Trinajstić information content (AvgIpc) is 2.88. The van der Waals surface area contributed by atoms with Gasteiger partial charge in [-0.3, -0.25) is 15.2 Å². The fraction of sp³-hybridized carbons (Fsp3) is 0.0588. The van der Waals surface area contributed by atoms with E-state index in [0.29, 0.717) is 10.3 Å². The van der Waals surface area contributed by atoms with Gasteiger partial charge in [-0.2, -0.15) is 0 Å². The van der Waals surface area contributed by atoms with Crippen molar-refractivity contribution in [3.8, 4) is 5.69 Å². The number of rotatable bonds is 4. The van der Waals surface area contributed by atoms with E-state index in [1.165, 1.54) is 6.07 Å². The number of hydrogen-bond donors (Lipinski definition) is 1. The number of hydrogen-bond acceptors (Lipinski definition) is 4. The van der Waals surface area contributed by atoms with Crippen LogP contribution >= 0.6 is 12.2 Å². The van der Waals surface area contributed by atoms with Crippen molar-refractivity contribution >= 4 is 29.8 Å². The van der Waals surface area contributed by atoms with Crippen LogP contribution in [0.2, 0.25) is 0 Å². The molecule has 120 valence electrons. The number of aliphatic imine (C=N–C) groups is 1. The molecule has 0 radical (unpaired) electrons. The van der Waals surface area contributed by atoms with Crippen molar-refractivity contribution in [1.29, 1.82) is 0 Å². The van der Waals surface area contributed by atoms with E-state index in [1.807, 2.05) is 37.3 Å². The summed E-state index contributed by atoms with van der Waals surface area (Å²) in [5, 5.41) is 14.2. The Morgan fingerprint density at radius 2 is 1.83 bits per heavy atom. The Morgan fingerprint density at radius 1 is 1.17 bits per heavy atom. The number of aromatic amines is 1. The quantitative estimate of drug-likeness (QED) is 0.329. The Labute approximate surface area is 143 Å². The Hall–Kier alpha value is -3.06. The van der Waals surface area contributed by atoms with Gasteiger partial charge in [0, 0.05) is 18.0 Å². The predicted molar refractivity (Wildman–Crippen MR) is 96.0 cm³/mol. The van der Waals surface area contributed by atoms with E-state index in [9.17, 15) is 10.1 Å². The first-order chi connectivity index (χ1) is 11.6. The lowest BCUT2D eigenvalue weighted by Crippen LogP contribution is -1.95. The van der Waals surface area contributed by atoms with E-state index in [2.05, 4.69) is 10.1 Å². The molecule has 3 rings (SSSR count). The maximum atomic E-state index is 11.1. The Kier molecular flexibility index (Phi) is 4.35. The number of aromatic nitrogens is 2. The molecule has 0 spiro atoms. The van der Waals surface area contributed by atoms with Crippen molar-refractivity contribution in [3.63, 3.8) is 0 Å². The highest BCUT2D eigenvalue weighted by molar-refractivity contribution is 7.71. The van der Waals surface area contributed by atoms with E-state index in [-0.39, 0.29) is 5.69 Å². The van der Waals surface area contributed by atoms with Gasteiger partial charge in [0.15, 0.2) is 0 Å². The van der Waals surface area contributed by atoms with E-state index >= 15 is 0 Å². The van der Waals surface area contributed by atoms with Crippen LogP contribution in [0.4, 0.5) is 11.4 Å². The normalized spacial score (nSPS) is 11.0. The minimum absolute atomic E-state index is 0.0382. The van der Waals surface area contributed by atoms with Gasteiger partial charge in [0.25, 0.3) is 5.69 Å². The number of nitrogens with one attached hydrogen (secondary N) is 1. The third-order valence-electron chi connectivity index (χ3n) is 3.54. The van der Waals surface area contributed by atoms with E-state index in [1.54, 1.807) is 29.1 Å². The first-order valence-electron chi connectivity index (χ1n) is 7.22. The maximum absolute atomic E-state index is 11.1. The molecule has 1 heterocycles. The zero-order valence-electron chi connectivity index (χ0n) is 12.8. The SMILES string of the molecule is Cc1[nH]n(-c2ccccc2)c(=S)c1C=Nc1ccccc1[N+](=O)[O-]. The predicted octanol–water partition coefficient (Wildman–Crippen LogP) is 4.50. The summed E-state index contributed by atoms with van der Waals surface area (Å²) in [6.07, 6.45) is 1.57. The molecule has 7 heteroatoms. The smallest absolute Gasteiger partial charge is 0.294 e. The molecule has 0 aliphatic heterocycles. The molecule has 2 aromatic carbocycles. The fourth-order valence-electron chi connectivity index (χ4n) is 2.33. The lowest BCUT2D eigenvalue weighted by molar-refractivity contribution is -0.384. The molecule has 6 nitrogen and oxygen atoms in total. The van der Waals surface area contributed by atoms with Gasteiger partial charge in [-0.1, -0.05) is 42.5 Å². The maximum Gasteiger partial charge on any atom is 0.294 e. The average molecular weight is 338 g/mol. The van der Waals surface area contributed by atoms with Crippen molar-refractivity contribution in [2.75, 3.05) is 0 Å². The zero-order valence-corrected chi connectivity index (χ0v) is 13.7. The van der Waals surface area contributed by atoms with E-state index in [4.69, 9.17) is 12.2 Å². The summed E-state index contributed by atoms with van der Waals surface area (Å²) in [6.45, 7) is 1.88. The largest absolute Gasteiger partial charge is 0.297 e.